The molecule has 2 heterocycles. The number of nitrogens with zero attached hydrogens (tertiary/aromatic N) is 2. The molecular formula is C28H23Cl2N3O5. The lowest BCUT2D eigenvalue weighted by Crippen LogP contribution is -2.30. The van der Waals surface area contributed by atoms with Crippen LogP contribution in [-0.2, 0) is 9.59 Å². The lowest BCUT2D eigenvalue weighted by atomic mass is 9.95. The Balaban J connectivity index is 1.75. The maximum absolute atomic E-state index is 13.5. The van der Waals surface area contributed by atoms with E-state index in [-0.39, 0.29) is 32.9 Å². The summed E-state index contributed by atoms with van der Waals surface area (Å²) in [6.45, 7) is 3.94. The van der Waals surface area contributed by atoms with Crippen LogP contribution in [0.2, 0.25) is 10.0 Å². The Labute approximate surface area is 228 Å². The molecule has 1 aromatic heterocycles. The number of aryl methyl sites for hydroxylation is 2. The number of ketones is 1. The molecule has 0 aliphatic carbocycles. The first-order valence-electron chi connectivity index (χ1n) is 11.6. The molecular weight excluding hydrogens is 529 g/mol. The average molecular weight is 552 g/mol. The van der Waals surface area contributed by atoms with Crippen molar-refractivity contribution in [3.05, 3.63) is 86.4 Å². The fourth-order valence-corrected chi connectivity index (χ4v) is 5.24. The van der Waals surface area contributed by atoms with Crippen LogP contribution in [-0.4, -0.2) is 41.0 Å². The lowest BCUT2D eigenvalue weighted by Gasteiger charge is -2.23. The Bertz CT molecular complexity index is 1600. The third-order valence-corrected chi connectivity index (χ3v) is 7.20. The first-order chi connectivity index (χ1) is 18.1. The van der Waals surface area contributed by atoms with Gasteiger partial charge in [-0.1, -0.05) is 35.3 Å². The molecule has 1 aliphatic heterocycles. The van der Waals surface area contributed by atoms with Gasteiger partial charge in [-0.15, -0.1) is 0 Å². The minimum absolute atomic E-state index is 0.136. The van der Waals surface area contributed by atoms with Crippen molar-refractivity contribution in [1.29, 1.82) is 0 Å². The first kappa shape index (κ1) is 25.6. The summed E-state index contributed by atoms with van der Waals surface area (Å²) in [5.41, 5.74) is 3.98. The Morgan fingerprint density at radius 2 is 1.68 bits per heavy atom. The molecule has 0 saturated carbocycles. The van der Waals surface area contributed by atoms with Gasteiger partial charge < -0.3 is 19.6 Å². The molecule has 1 amide bonds. The van der Waals surface area contributed by atoms with E-state index < -0.39 is 23.5 Å². The van der Waals surface area contributed by atoms with Crippen LogP contribution in [0.3, 0.4) is 0 Å². The van der Waals surface area contributed by atoms with Gasteiger partial charge in [0, 0.05) is 5.56 Å². The van der Waals surface area contributed by atoms with Gasteiger partial charge in [0.25, 0.3) is 5.78 Å². The number of aromatic amines is 1. The van der Waals surface area contributed by atoms with Gasteiger partial charge in [-0.2, -0.15) is 0 Å². The van der Waals surface area contributed by atoms with E-state index >= 15 is 0 Å². The van der Waals surface area contributed by atoms with Crippen molar-refractivity contribution in [1.82, 2.24) is 9.97 Å². The number of H-pyrrole nitrogens is 1. The second-order valence-electron chi connectivity index (χ2n) is 8.93. The summed E-state index contributed by atoms with van der Waals surface area (Å²) < 4.78 is 10.6. The van der Waals surface area contributed by atoms with E-state index in [0.717, 1.165) is 11.1 Å². The van der Waals surface area contributed by atoms with Crippen LogP contribution in [0.4, 0.5) is 5.95 Å². The van der Waals surface area contributed by atoms with Crippen LogP contribution in [0.15, 0.2) is 54.1 Å². The van der Waals surface area contributed by atoms with Crippen molar-refractivity contribution >= 4 is 57.6 Å². The van der Waals surface area contributed by atoms with Gasteiger partial charge in [0.15, 0.2) is 5.75 Å². The number of carbonyl (C=O) groups is 2. The molecule has 0 bridgehead atoms. The summed E-state index contributed by atoms with van der Waals surface area (Å²) >= 11 is 12.6. The summed E-state index contributed by atoms with van der Waals surface area (Å²) in [6, 6.07) is 12.6. The lowest BCUT2D eigenvalue weighted by molar-refractivity contribution is -0.132. The SMILES string of the molecule is COc1cccc(C2/C(=C(\O)c3cc(Cl)c(OC)c(Cl)c3)C(=O)C(=O)N2c2nc3cc(C)c(C)cc3[nH]2)c1. The number of ether oxygens (including phenoxy) is 2. The number of anilines is 1. The number of amides is 1. The number of halogens is 2. The fourth-order valence-electron chi connectivity index (χ4n) is 4.60. The smallest absolute Gasteiger partial charge is 0.302 e. The van der Waals surface area contributed by atoms with Crippen molar-refractivity contribution in [2.75, 3.05) is 19.1 Å². The number of nitrogens with one attached hydrogen (secondary N) is 1. The van der Waals surface area contributed by atoms with Crippen molar-refractivity contribution in [3.8, 4) is 11.5 Å². The number of fused-ring (bicyclic) bond motifs is 1. The molecule has 1 aliphatic rings. The van der Waals surface area contributed by atoms with Crippen molar-refractivity contribution in [2.45, 2.75) is 19.9 Å². The second-order valence-corrected chi connectivity index (χ2v) is 9.75. The third kappa shape index (κ3) is 4.15. The van der Waals surface area contributed by atoms with E-state index in [2.05, 4.69) is 9.97 Å². The van der Waals surface area contributed by atoms with Gasteiger partial charge in [-0.25, -0.2) is 4.98 Å². The standard InChI is InChI=1S/C28H23Cl2N3O5/c1-13-8-20-21(9-14(13)2)32-28(31-20)33-23(15-6-5-7-17(10-15)37-3)22(25(35)27(33)36)24(34)16-11-18(29)26(38-4)19(30)12-16/h5-12,23,34H,1-4H3,(H,31,32)/b24-22+. The van der Waals surface area contributed by atoms with Crippen molar-refractivity contribution < 1.29 is 24.2 Å². The van der Waals surface area contributed by atoms with E-state index in [1.807, 2.05) is 26.0 Å². The summed E-state index contributed by atoms with van der Waals surface area (Å²) in [6.07, 6.45) is 0. The highest BCUT2D eigenvalue weighted by Crippen LogP contribution is 2.44. The summed E-state index contributed by atoms with van der Waals surface area (Å²) in [7, 11) is 2.93. The number of aliphatic hydroxyl groups excluding tert-OH is 1. The van der Waals surface area contributed by atoms with Crippen molar-refractivity contribution in [2.24, 2.45) is 0 Å². The third-order valence-electron chi connectivity index (χ3n) is 6.64. The normalized spacial score (nSPS) is 16.9. The zero-order chi connectivity index (χ0) is 27.3. The van der Waals surface area contributed by atoms with Gasteiger partial charge in [0.05, 0.1) is 46.9 Å². The Kier molecular flexibility index (Phi) is 6.54. The monoisotopic (exact) mass is 551 g/mol. The molecule has 5 rings (SSSR count). The summed E-state index contributed by atoms with van der Waals surface area (Å²) in [5, 5.41) is 11.7. The van der Waals surface area contributed by atoms with E-state index in [9.17, 15) is 14.7 Å². The molecule has 0 radical (unpaired) electrons. The highest BCUT2D eigenvalue weighted by molar-refractivity contribution is 6.51. The molecule has 3 aromatic carbocycles. The fraction of sp³-hybridized carbons (Fsp3) is 0.179. The number of benzene rings is 3. The molecule has 1 fully saturated rings. The molecule has 1 atom stereocenters. The highest BCUT2D eigenvalue weighted by Gasteiger charge is 2.48. The minimum atomic E-state index is -1.02. The molecule has 194 valence electrons. The zero-order valence-electron chi connectivity index (χ0n) is 20.9. The molecule has 0 spiro atoms. The number of Topliss-reactive ketones (excluding diaryl/α,β-unsaturated/α-hetero) is 1. The van der Waals surface area contributed by atoms with Gasteiger partial charge in [-0.3, -0.25) is 14.5 Å². The number of aliphatic hydroxyl groups is 1. The van der Waals surface area contributed by atoms with Crippen LogP contribution >= 0.6 is 23.2 Å². The molecule has 1 saturated heterocycles. The number of hydrogen-bond acceptors (Lipinski definition) is 6. The summed E-state index contributed by atoms with van der Waals surface area (Å²) in [5.74, 6) is -1.26. The topological polar surface area (TPSA) is 105 Å². The van der Waals surface area contributed by atoms with E-state index in [1.54, 1.807) is 24.3 Å². The van der Waals surface area contributed by atoms with Crippen LogP contribution < -0.4 is 14.4 Å². The maximum Gasteiger partial charge on any atom is 0.302 e. The number of imidazole rings is 1. The molecule has 10 heteroatoms. The number of hydrogen-bond donors (Lipinski definition) is 2. The number of aromatic nitrogens is 2. The van der Waals surface area contributed by atoms with Crippen molar-refractivity contribution in [3.63, 3.8) is 0 Å². The van der Waals surface area contributed by atoms with Gasteiger partial charge in [-0.05, 0) is 66.9 Å². The quantitative estimate of drug-likeness (QED) is 0.175. The maximum atomic E-state index is 13.5. The highest BCUT2D eigenvalue weighted by atomic mass is 35.5. The van der Waals surface area contributed by atoms with Gasteiger partial charge in [0.1, 0.15) is 11.5 Å². The van der Waals surface area contributed by atoms with Crippen LogP contribution in [0, 0.1) is 13.8 Å². The Morgan fingerprint density at radius 1 is 1.00 bits per heavy atom. The van der Waals surface area contributed by atoms with Crippen LogP contribution in [0.25, 0.3) is 16.8 Å². The van der Waals surface area contributed by atoms with Crippen LogP contribution in [0.1, 0.15) is 28.3 Å². The first-order valence-corrected chi connectivity index (χ1v) is 12.4. The van der Waals surface area contributed by atoms with E-state index in [0.29, 0.717) is 22.3 Å². The molecule has 38 heavy (non-hydrogen) atoms. The molecule has 2 N–H and O–H groups in total. The van der Waals surface area contributed by atoms with E-state index in [4.69, 9.17) is 32.7 Å². The Morgan fingerprint density at radius 3 is 2.34 bits per heavy atom. The second kappa shape index (κ2) is 9.70. The van der Waals surface area contributed by atoms with Gasteiger partial charge in [0.2, 0.25) is 5.95 Å². The molecule has 1 unspecified atom stereocenters. The number of rotatable bonds is 5. The predicted octanol–water partition coefficient (Wildman–Crippen LogP) is 6.13. The number of methoxy groups -OCH3 is 2. The average Bonchev–Trinajstić information content (AvgIpc) is 3.41. The Hall–Kier alpha value is -4.01. The predicted molar refractivity (Wildman–Crippen MR) is 146 cm³/mol. The van der Waals surface area contributed by atoms with E-state index in [1.165, 1.54) is 31.3 Å². The molecule has 8 nitrogen and oxygen atoms in total. The zero-order valence-corrected chi connectivity index (χ0v) is 22.4. The minimum Gasteiger partial charge on any atom is -0.507 e. The largest absolute Gasteiger partial charge is 0.507 e. The number of carbonyl (C=O) groups excluding carboxylic acids is 2. The van der Waals surface area contributed by atoms with Crippen LogP contribution in [0.5, 0.6) is 11.5 Å². The molecule has 4 aromatic rings. The summed E-state index contributed by atoms with van der Waals surface area (Å²) in [4.78, 5) is 36.0. The van der Waals surface area contributed by atoms with Gasteiger partial charge >= 0.3 is 5.91 Å².